The topological polar surface area (TPSA) is 46.5 Å². The van der Waals surface area contributed by atoms with Crippen molar-refractivity contribution < 1.29 is 14.6 Å². The minimum absolute atomic E-state index is 0.333. The molecule has 1 N–H and O–H groups in total. The molecule has 2 rings (SSSR count). The minimum atomic E-state index is -1.10. The van der Waals surface area contributed by atoms with E-state index in [2.05, 4.69) is 11.8 Å². The lowest BCUT2D eigenvalue weighted by Gasteiger charge is -2.28. The van der Waals surface area contributed by atoms with Gasteiger partial charge in [0.2, 0.25) is 0 Å². The van der Waals surface area contributed by atoms with Crippen LogP contribution >= 0.6 is 23.4 Å². The molecule has 1 unspecified atom stereocenters. The van der Waals surface area contributed by atoms with Crippen molar-refractivity contribution in [2.75, 3.05) is 6.61 Å². The van der Waals surface area contributed by atoms with Crippen molar-refractivity contribution in [3.05, 3.63) is 59.1 Å². The van der Waals surface area contributed by atoms with Crippen molar-refractivity contribution in [2.24, 2.45) is 0 Å². The fraction of sp³-hybridized carbons (Fsp3) is 0.250. The molecule has 0 bridgehead atoms. The van der Waals surface area contributed by atoms with Gasteiger partial charge in [-0.15, -0.1) is 17.7 Å². The van der Waals surface area contributed by atoms with Crippen molar-refractivity contribution in [3.63, 3.8) is 0 Å². The number of carboxylic acid groups (broad SMARTS) is 1. The van der Waals surface area contributed by atoms with Crippen LogP contribution in [0.25, 0.3) is 0 Å². The largest absolute Gasteiger partial charge is 0.481 e. The molecule has 0 fully saturated rings. The van der Waals surface area contributed by atoms with Crippen LogP contribution in [0.3, 0.4) is 0 Å². The van der Waals surface area contributed by atoms with Crippen LogP contribution in [0.4, 0.5) is 0 Å². The van der Waals surface area contributed by atoms with Gasteiger partial charge in [0, 0.05) is 9.92 Å². The predicted molar refractivity (Wildman–Crippen MR) is 102 cm³/mol. The van der Waals surface area contributed by atoms with Gasteiger partial charge in [0.1, 0.15) is 17.1 Å². The Morgan fingerprint density at radius 1 is 1.28 bits per heavy atom. The molecule has 0 aromatic heterocycles. The molecule has 0 saturated heterocycles. The number of rotatable bonds is 7. The zero-order chi connectivity index (χ0) is 18.3. The van der Waals surface area contributed by atoms with Crippen molar-refractivity contribution in [2.45, 2.75) is 29.9 Å². The summed E-state index contributed by atoms with van der Waals surface area (Å²) in [6.07, 6.45) is 0.428. The maximum atomic E-state index is 12.1. The zero-order valence-electron chi connectivity index (χ0n) is 14.1. The van der Waals surface area contributed by atoms with Crippen LogP contribution in [0.5, 0.6) is 5.75 Å². The van der Waals surface area contributed by atoms with Crippen LogP contribution in [-0.4, -0.2) is 17.7 Å². The van der Waals surface area contributed by atoms with Crippen LogP contribution < -0.4 is 4.74 Å². The van der Waals surface area contributed by atoms with Crippen molar-refractivity contribution in [1.82, 2.24) is 0 Å². The lowest BCUT2D eigenvalue weighted by molar-refractivity contribution is -0.140. The zero-order valence-corrected chi connectivity index (χ0v) is 15.7. The average Bonchev–Trinajstić information content (AvgIpc) is 2.61. The number of aliphatic carboxylic acids is 1. The van der Waals surface area contributed by atoms with Gasteiger partial charge in [-0.25, -0.2) is 0 Å². The number of hydrogen-bond donors (Lipinski definition) is 1. The molecule has 130 valence electrons. The van der Waals surface area contributed by atoms with Crippen LogP contribution in [-0.2, 0) is 9.54 Å². The fourth-order valence-electron chi connectivity index (χ4n) is 2.39. The number of halogens is 1. The average molecular weight is 375 g/mol. The van der Waals surface area contributed by atoms with E-state index in [1.165, 1.54) is 11.8 Å². The molecule has 3 nitrogen and oxygen atoms in total. The third kappa shape index (κ3) is 4.72. The maximum absolute atomic E-state index is 12.1. The van der Waals surface area contributed by atoms with Gasteiger partial charge in [-0.05, 0) is 55.3 Å². The summed E-state index contributed by atoms with van der Waals surface area (Å²) < 4.78 is 4.39. The van der Waals surface area contributed by atoms with E-state index < -0.39 is 10.7 Å². The number of carboxylic acids is 1. The van der Waals surface area contributed by atoms with Gasteiger partial charge in [-0.2, -0.15) is 0 Å². The van der Waals surface area contributed by atoms with Gasteiger partial charge < -0.3 is 9.84 Å². The molecule has 1 atom stereocenters. The van der Waals surface area contributed by atoms with E-state index in [9.17, 15) is 9.90 Å². The van der Waals surface area contributed by atoms with E-state index in [4.69, 9.17) is 16.3 Å². The molecule has 0 aliphatic carbocycles. The van der Waals surface area contributed by atoms with Gasteiger partial charge in [0.05, 0.1) is 0 Å². The van der Waals surface area contributed by atoms with Crippen LogP contribution in [0, 0.1) is 11.8 Å². The lowest BCUT2D eigenvalue weighted by Crippen LogP contribution is -2.31. The van der Waals surface area contributed by atoms with Crippen LogP contribution in [0.15, 0.2) is 53.4 Å². The highest BCUT2D eigenvalue weighted by molar-refractivity contribution is 8.01. The molecule has 5 heteroatoms. The Hall–Kier alpha value is -2.09. The number of thioether (sulfide) groups is 1. The van der Waals surface area contributed by atoms with Crippen LogP contribution in [0.1, 0.15) is 25.8 Å². The van der Waals surface area contributed by atoms with E-state index >= 15 is 0 Å². The minimum Gasteiger partial charge on any atom is -0.481 e. The van der Waals surface area contributed by atoms with Gasteiger partial charge in [0.15, 0.2) is 0 Å². The smallest absolute Gasteiger partial charge is 0.324 e. The Kier molecular flexibility index (Phi) is 6.81. The van der Waals surface area contributed by atoms with Crippen molar-refractivity contribution in [1.29, 1.82) is 0 Å². The van der Waals surface area contributed by atoms with E-state index in [-0.39, 0.29) is 0 Å². The number of ether oxygens (including phenoxy) is 1. The number of benzene rings is 2. The molecule has 0 spiro atoms. The SMILES string of the molecule is CC#CCOc1ccc(SC(CC)(C(=O)O)c2cccc(Cl)c2)cc1. The van der Waals surface area contributed by atoms with E-state index in [1.54, 1.807) is 31.2 Å². The molecule has 0 aliphatic heterocycles. The summed E-state index contributed by atoms with van der Waals surface area (Å²) in [5.74, 6) is 5.41. The van der Waals surface area contributed by atoms with E-state index in [0.29, 0.717) is 29.4 Å². The van der Waals surface area contributed by atoms with Crippen molar-refractivity contribution >= 4 is 29.3 Å². The summed E-state index contributed by atoms with van der Waals surface area (Å²) in [6, 6.07) is 14.4. The molecule has 0 heterocycles. The highest BCUT2D eigenvalue weighted by Crippen LogP contribution is 2.45. The Morgan fingerprint density at radius 2 is 2.00 bits per heavy atom. The highest BCUT2D eigenvalue weighted by atomic mass is 35.5. The third-order valence-electron chi connectivity index (χ3n) is 3.74. The molecule has 2 aromatic carbocycles. The monoisotopic (exact) mass is 374 g/mol. The van der Waals surface area contributed by atoms with Gasteiger partial charge >= 0.3 is 5.97 Å². The molecule has 25 heavy (non-hydrogen) atoms. The summed E-state index contributed by atoms with van der Waals surface area (Å²) in [5, 5.41) is 10.4. The fourth-order valence-corrected chi connectivity index (χ4v) is 3.73. The molecular weight excluding hydrogens is 356 g/mol. The third-order valence-corrected chi connectivity index (χ3v) is 5.53. The second-order valence-electron chi connectivity index (χ2n) is 5.28. The van der Waals surface area contributed by atoms with Gasteiger partial charge in [0.25, 0.3) is 0 Å². The summed E-state index contributed by atoms with van der Waals surface area (Å²) in [5.41, 5.74) is 0.679. The Bertz CT molecular complexity index is 793. The molecule has 2 aromatic rings. The first kappa shape index (κ1) is 19.2. The first-order valence-electron chi connectivity index (χ1n) is 7.82. The van der Waals surface area contributed by atoms with E-state index in [0.717, 1.165) is 4.90 Å². The standard InChI is InChI=1S/C20H19ClO3S/c1-3-5-13-24-17-9-11-18(12-10-17)25-20(4-2,19(22)23)15-7-6-8-16(21)14-15/h6-12,14H,4,13H2,1-2H3,(H,22,23). The summed E-state index contributed by atoms with van der Waals surface area (Å²) in [6.45, 7) is 3.96. The Labute approximate surface area is 157 Å². The summed E-state index contributed by atoms with van der Waals surface area (Å²) in [7, 11) is 0. The molecular formula is C20H19ClO3S. The summed E-state index contributed by atoms with van der Waals surface area (Å²) in [4.78, 5) is 13.0. The highest BCUT2D eigenvalue weighted by Gasteiger charge is 2.40. The number of hydrogen-bond acceptors (Lipinski definition) is 3. The predicted octanol–water partition coefficient (Wildman–Crippen LogP) is 5.22. The lowest BCUT2D eigenvalue weighted by atomic mass is 9.95. The Morgan fingerprint density at radius 3 is 2.56 bits per heavy atom. The quantitative estimate of drug-likeness (QED) is 0.532. The van der Waals surface area contributed by atoms with Gasteiger partial charge in [-0.1, -0.05) is 36.6 Å². The van der Waals surface area contributed by atoms with Crippen molar-refractivity contribution in [3.8, 4) is 17.6 Å². The molecule has 0 saturated carbocycles. The Balaban J connectivity index is 2.28. The maximum Gasteiger partial charge on any atom is 0.324 e. The second-order valence-corrected chi connectivity index (χ2v) is 7.09. The van der Waals surface area contributed by atoms with Crippen LogP contribution in [0.2, 0.25) is 5.02 Å². The molecule has 0 amide bonds. The first-order valence-corrected chi connectivity index (χ1v) is 9.02. The summed E-state index contributed by atoms with van der Waals surface area (Å²) >= 11 is 7.37. The van der Waals surface area contributed by atoms with Gasteiger partial charge in [-0.3, -0.25) is 4.79 Å². The van der Waals surface area contributed by atoms with E-state index in [1.807, 2.05) is 31.2 Å². The normalized spacial score (nSPS) is 12.6. The molecule has 0 radical (unpaired) electrons. The molecule has 0 aliphatic rings. The first-order chi connectivity index (χ1) is 12.0. The number of carbonyl (C=O) groups is 1. The second kappa shape index (κ2) is 8.84.